The van der Waals surface area contributed by atoms with Gasteiger partial charge in [-0.25, -0.2) is 4.79 Å². The van der Waals surface area contributed by atoms with Gasteiger partial charge < -0.3 is 9.84 Å². The second-order valence-corrected chi connectivity index (χ2v) is 3.53. The van der Waals surface area contributed by atoms with Gasteiger partial charge in [0.25, 0.3) is 0 Å². The van der Waals surface area contributed by atoms with Gasteiger partial charge >= 0.3 is 11.7 Å². The molecule has 17 heavy (non-hydrogen) atoms. The molecule has 6 nitrogen and oxygen atoms in total. The maximum Gasteiger partial charge on any atom is 0.344 e. The number of ether oxygens (including phenoxy) is 1. The lowest BCUT2D eigenvalue weighted by Crippen LogP contribution is -2.26. The van der Waals surface area contributed by atoms with E-state index in [0.717, 1.165) is 0 Å². The van der Waals surface area contributed by atoms with Gasteiger partial charge in [-0.15, -0.1) is 0 Å². The van der Waals surface area contributed by atoms with Crippen LogP contribution < -0.4 is 4.74 Å². The van der Waals surface area contributed by atoms with Crippen LogP contribution in [0, 0.1) is 17.0 Å². The highest BCUT2D eigenvalue weighted by Crippen LogP contribution is 2.31. The van der Waals surface area contributed by atoms with E-state index in [4.69, 9.17) is 9.84 Å². The van der Waals surface area contributed by atoms with Gasteiger partial charge in [0, 0.05) is 6.07 Å². The number of benzene rings is 1. The minimum atomic E-state index is -1.13. The summed E-state index contributed by atoms with van der Waals surface area (Å²) >= 11 is 0. The normalized spacial score (nSPS) is 11.9. The van der Waals surface area contributed by atoms with Crippen molar-refractivity contribution in [3.8, 4) is 5.75 Å². The van der Waals surface area contributed by atoms with E-state index in [1.807, 2.05) is 0 Å². The summed E-state index contributed by atoms with van der Waals surface area (Å²) in [7, 11) is 0. The summed E-state index contributed by atoms with van der Waals surface area (Å²) in [6.45, 7) is 3.28. The van der Waals surface area contributed by atoms with Crippen LogP contribution in [0.2, 0.25) is 0 Å². The highest BCUT2D eigenvalue weighted by Gasteiger charge is 2.23. The number of nitro benzene ring substituents is 1. The van der Waals surface area contributed by atoms with Gasteiger partial charge in [0.15, 0.2) is 6.10 Å². The number of hydrogen-bond acceptors (Lipinski definition) is 4. The van der Waals surface area contributed by atoms with Crippen molar-refractivity contribution >= 4 is 11.7 Å². The molecular formula is C11H13NO5. The van der Waals surface area contributed by atoms with Crippen LogP contribution in [0.5, 0.6) is 5.75 Å². The molecule has 1 N–H and O–H groups in total. The van der Waals surface area contributed by atoms with Crippen LogP contribution in [0.15, 0.2) is 18.2 Å². The largest absolute Gasteiger partial charge is 0.479 e. The summed E-state index contributed by atoms with van der Waals surface area (Å²) in [6.07, 6.45) is -0.837. The predicted octanol–water partition coefficient (Wildman–Crippen LogP) is 2.15. The zero-order chi connectivity index (χ0) is 13.0. The van der Waals surface area contributed by atoms with Crippen molar-refractivity contribution in [3.63, 3.8) is 0 Å². The van der Waals surface area contributed by atoms with Gasteiger partial charge in [-0.3, -0.25) is 10.1 Å². The Labute approximate surface area is 98.0 Å². The second kappa shape index (κ2) is 5.29. The molecule has 0 spiro atoms. The standard InChI is InChI=1S/C11H13NO5/c1-3-9(11(13)14)17-10-7(2)5-4-6-8(10)12(15)16/h4-6,9H,3H2,1-2H3,(H,13,14). The SMILES string of the molecule is CCC(Oc1c(C)cccc1[N+](=O)[O-])C(=O)O. The van der Waals surface area contributed by atoms with E-state index < -0.39 is 17.0 Å². The van der Waals surface area contributed by atoms with Gasteiger partial charge in [-0.2, -0.15) is 0 Å². The number of rotatable bonds is 5. The quantitative estimate of drug-likeness (QED) is 0.628. The minimum absolute atomic E-state index is 0.0201. The molecule has 1 aromatic carbocycles. The summed E-state index contributed by atoms with van der Waals surface area (Å²) in [4.78, 5) is 21.0. The van der Waals surface area contributed by atoms with Crippen LogP contribution in [0.25, 0.3) is 0 Å². The van der Waals surface area contributed by atoms with E-state index in [9.17, 15) is 14.9 Å². The predicted molar refractivity (Wildman–Crippen MR) is 60.2 cm³/mol. The zero-order valence-corrected chi connectivity index (χ0v) is 9.54. The van der Waals surface area contributed by atoms with Gasteiger partial charge in [-0.1, -0.05) is 19.1 Å². The van der Waals surface area contributed by atoms with E-state index in [0.29, 0.717) is 5.56 Å². The molecule has 92 valence electrons. The molecular weight excluding hydrogens is 226 g/mol. The molecule has 0 aliphatic rings. The van der Waals surface area contributed by atoms with E-state index in [-0.39, 0.29) is 17.9 Å². The first kappa shape index (κ1) is 13.0. The van der Waals surface area contributed by atoms with Crippen molar-refractivity contribution in [1.29, 1.82) is 0 Å². The fourth-order valence-corrected chi connectivity index (χ4v) is 1.38. The first-order chi connectivity index (χ1) is 7.97. The smallest absolute Gasteiger partial charge is 0.344 e. The molecule has 1 aromatic rings. The molecule has 6 heteroatoms. The van der Waals surface area contributed by atoms with Gasteiger partial charge in [-0.05, 0) is 18.9 Å². The summed E-state index contributed by atoms with van der Waals surface area (Å²) in [6, 6.07) is 4.45. The number of carboxylic acids is 1. The maximum atomic E-state index is 10.8. The molecule has 0 aliphatic carbocycles. The molecule has 0 aliphatic heterocycles. The number of aliphatic carboxylic acids is 1. The third-order valence-electron chi connectivity index (χ3n) is 2.29. The fraction of sp³-hybridized carbons (Fsp3) is 0.364. The summed E-state index contributed by atoms with van der Waals surface area (Å²) in [5, 5.41) is 19.7. The van der Waals surface area contributed by atoms with Crippen molar-refractivity contribution in [2.24, 2.45) is 0 Å². The highest BCUT2D eigenvalue weighted by atomic mass is 16.6. The second-order valence-electron chi connectivity index (χ2n) is 3.53. The molecule has 0 fully saturated rings. The van der Waals surface area contributed by atoms with Gasteiger partial charge in [0.2, 0.25) is 5.75 Å². The van der Waals surface area contributed by atoms with Crippen LogP contribution in [-0.4, -0.2) is 22.1 Å². The molecule has 0 saturated carbocycles. The molecule has 0 aromatic heterocycles. The number of carboxylic acid groups (broad SMARTS) is 1. The summed E-state index contributed by atoms with van der Waals surface area (Å²) in [5.74, 6) is -1.11. The maximum absolute atomic E-state index is 10.8. The zero-order valence-electron chi connectivity index (χ0n) is 9.54. The van der Waals surface area contributed by atoms with Crippen LogP contribution in [0.4, 0.5) is 5.69 Å². The van der Waals surface area contributed by atoms with Crippen LogP contribution in [-0.2, 0) is 4.79 Å². The molecule has 0 heterocycles. The molecule has 0 amide bonds. The number of hydrogen-bond donors (Lipinski definition) is 1. The first-order valence-electron chi connectivity index (χ1n) is 5.10. The van der Waals surface area contributed by atoms with Crippen LogP contribution >= 0.6 is 0 Å². The Bertz CT molecular complexity index is 443. The molecule has 1 unspecified atom stereocenters. The Kier molecular flexibility index (Phi) is 4.03. The van der Waals surface area contributed by atoms with Crippen LogP contribution in [0.3, 0.4) is 0 Å². The highest BCUT2D eigenvalue weighted by molar-refractivity contribution is 5.73. The molecule has 1 rings (SSSR count). The summed E-state index contributed by atoms with van der Waals surface area (Å²) < 4.78 is 5.21. The average molecular weight is 239 g/mol. The Morgan fingerprint density at radius 3 is 2.71 bits per heavy atom. The van der Waals surface area contributed by atoms with Crippen molar-refractivity contribution in [1.82, 2.24) is 0 Å². The van der Waals surface area contributed by atoms with Gasteiger partial charge in [0.05, 0.1) is 4.92 Å². The molecule has 0 saturated heterocycles. The van der Waals surface area contributed by atoms with E-state index in [2.05, 4.69) is 0 Å². The number of aryl methyl sites for hydroxylation is 1. The lowest BCUT2D eigenvalue weighted by Gasteiger charge is -2.14. The third-order valence-corrected chi connectivity index (χ3v) is 2.29. The van der Waals surface area contributed by atoms with Crippen molar-refractivity contribution < 1.29 is 19.6 Å². The lowest BCUT2D eigenvalue weighted by molar-refractivity contribution is -0.386. The third kappa shape index (κ3) is 2.93. The molecule has 0 bridgehead atoms. The Morgan fingerprint density at radius 1 is 1.59 bits per heavy atom. The molecule has 1 atom stereocenters. The molecule has 0 radical (unpaired) electrons. The van der Waals surface area contributed by atoms with E-state index in [1.54, 1.807) is 19.9 Å². The van der Waals surface area contributed by atoms with E-state index in [1.165, 1.54) is 12.1 Å². The Morgan fingerprint density at radius 2 is 2.24 bits per heavy atom. The monoisotopic (exact) mass is 239 g/mol. The van der Waals surface area contributed by atoms with Gasteiger partial charge in [0.1, 0.15) is 0 Å². The minimum Gasteiger partial charge on any atom is -0.479 e. The Balaban J connectivity index is 3.12. The fourth-order valence-electron chi connectivity index (χ4n) is 1.38. The Hall–Kier alpha value is -2.11. The van der Waals surface area contributed by atoms with Crippen molar-refractivity contribution in [3.05, 3.63) is 33.9 Å². The number of carbonyl (C=O) groups is 1. The van der Waals surface area contributed by atoms with Crippen molar-refractivity contribution in [2.45, 2.75) is 26.4 Å². The van der Waals surface area contributed by atoms with E-state index >= 15 is 0 Å². The summed E-state index contributed by atoms with van der Waals surface area (Å²) in [5.41, 5.74) is 0.323. The average Bonchev–Trinajstić information content (AvgIpc) is 2.26. The topological polar surface area (TPSA) is 89.7 Å². The van der Waals surface area contributed by atoms with Crippen LogP contribution in [0.1, 0.15) is 18.9 Å². The number of nitro groups is 1. The lowest BCUT2D eigenvalue weighted by atomic mass is 10.2. The number of nitrogens with zero attached hydrogens (tertiary/aromatic N) is 1. The van der Waals surface area contributed by atoms with Crippen molar-refractivity contribution in [2.75, 3.05) is 0 Å². The number of para-hydroxylation sites is 1. The first-order valence-corrected chi connectivity index (χ1v) is 5.10.